The van der Waals surface area contributed by atoms with E-state index < -0.39 is 0 Å². The lowest BCUT2D eigenvalue weighted by atomic mass is 10.0. The lowest BCUT2D eigenvalue weighted by Crippen LogP contribution is -2.08. The van der Waals surface area contributed by atoms with Crippen LogP contribution in [0.25, 0.3) is 0 Å². The van der Waals surface area contributed by atoms with Crippen LogP contribution < -0.4 is 5.73 Å². The minimum atomic E-state index is 0.456. The summed E-state index contributed by atoms with van der Waals surface area (Å²) in [6.07, 6.45) is 24.0. The van der Waals surface area contributed by atoms with Gasteiger partial charge in [0.1, 0.15) is 5.84 Å². The largest absolute Gasteiger partial charge is 0.384 e. The summed E-state index contributed by atoms with van der Waals surface area (Å²) in [4.78, 5) is 4.48. The summed E-state index contributed by atoms with van der Waals surface area (Å²) < 4.78 is 0. The van der Waals surface area contributed by atoms with Crippen LogP contribution in [-0.2, 0) is 0 Å². The molecule has 0 aromatic heterocycles. The van der Waals surface area contributed by atoms with Crippen LogP contribution >= 0.6 is 11.8 Å². The second-order valence-corrected chi connectivity index (χ2v) is 6.33. The minimum Gasteiger partial charge on any atom is -0.384 e. The molecule has 0 bridgehead atoms. The first kappa shape index (κ1) is 39.3. The van der Waals surface area contributed by atoms with Crippen LogP contribution in [0.3, 0.4) is 0 Å². The Morgan fingerprint density at radius 3 is 1.84 bits per heavy atom. The van der Waals surface area contributed by atoms with E-state index in [0.717, 1.165) is 24.1 Å². The molecule has 0 aromatic carbocycles. The third-order valence-electron chi connectivity index (χ3n) is 3.15. The fraction of sp³-hybridized carbons (Fsp3) is 0.464. The zero-order valence-electron chi connectivity index (χ0n) is 22.3. The highest BCUT2D eigenvalue weighted by molar-refractivity contribution is 8.01. The van der Waals surface area contributed by atoms with Crippen molar-refractivity contribution in [2.24, 2.45) is 10.7 Å². The molecule has 0 saturated heterocycles. The number of amidine groups is 1. The number of rotatable bonds is 8. The van der Waals surface area contributed by atoms with Crippen molar-refractivity contribution in [2.75, 3.05) is 6.26 Å². The van der Waals surface area contributed by atoms with E-state index in [4.69, 9.17) is 5.73 Å². The SMILES string of the molecule is C#C.C/C=C/SC.C=CC(N)=NC(/C(C)=C/C=C(C)\C=C/C)=C(\C)CCC.CC.CC. The first-order chi connectivity index (χ1) is 14.9. The Hall–Kier alpha value is -2.18. The highest BCUT2D eigenvalue weighted by Gasteiger charge is 2.04. The van der Waals surface area contributed by atoms with Gasteiger partial charge in [-0.25, -0.2) is 4.99 Å². The molecule has 0 spiro atoms. The first-order valence-electron chi connectivity index (χ1n) is 11.0. The molecular formula is C28H50N2S. The van der Waals surface area contributed by atoms with Crippen molar-refractivity contribution in [1.82, 2.24) is 0 Å². The van der Waals surface area contributed by atoms with E-state index in [1.807, 2.05) is 65.4 Å². The molecule has 0 aliphatic carbocycles. The maximum atomic E-state index is 5.79. The van der Waals surface area contributed by atoms with Gasteiger partial charge < -0.3 is 5.73 Å². The second kappa shape index (κ2) is 35.3. The predicted molar refractivity (Wildman–Crippen MR) is 153 cm³/mol. The monoisotopic (exact) mass is 446 g/mol. The summed E-state index contributed by atoms with van der Waals surface area (Å²) in [5.74, 6) is 0.456. The average Bonchev–Trinajstić information content (AvgIpc) is 2.81. The molecule has 0 atom stereocenters. The number of hydrogen-bond donors (Lipinski definition) is 1. The number of nitrogens with zero attached hydrogens (tertiary/aromatic N) is 1. The van der Waals surface area contributed by atoms with E-state index in [-0.39, 0.29) is 0 Å². The number of aliphatic imine (C=N–C) groups is 1. The molecule has 0 unspecified atom stereocenters. The van der Waals surface area contributed by atoms with Crippen LogP contribution in [0.1, 0.15) is 82.1 Å². The topological polar surface area (TPSA) is 38.4 Å². The van der Waals surface area contributed by atoms with Gasteiger partial charge in [0.15, 0.2) is 0 Å². The van der Waals surface area contributed by atoms with Gasteiger partial charge in [0.2, 0.25) is 0 Å². The summed E-state index contributed by atoms with van der Waals surface area (Å²) in [6, 6.07) is 0. The first-order valence-corrected chi connectivity index (χ1v) is 12.3. The van der Waals surface area contributed by atoms with Crippen LogP contribution in [0.5, 0.6) is 0 Å². The standard InChI is InChI=1S/C18H28N2.C4H8S.2C2H6.C2H2/c1-7-10-14(4)12-13-16(6)18(15(5)11-8-2)20-17(19)9-3;1-3-4-5-2;3*1-2/h7,9-10,12-13H,3,8,11H2,1-2,4-6H3,(H2,19,20);3-4H,1-2H3;2*1-2H3;1-2H/b10-7-,14-12-,16-13+,18-15+;4-3+;;;. The Morgan fingerprint density at radius 2 is 1.52 bits per heavy atom. The fourth-order valence-electron chi connectivity index (χ4n) is 1.98. The van der Waals surface area contributed by atoms with E-state index in [0.29, 0.717) is 5.84 Å². The van der Waals surface area contributed by atoms with Gasteiger partial charge in [0.05, 0.1) is 5.70 Å². The quantitative estimate of drug-likeness (QED) is 0.174. The van der Waals surface area contributed by atoms with Crippen molar-refractivity contribution >= 4 is 17.6 Å². The molecule has 0 radical (unpaired) electrons. The van der Waals surface area contributed by atoms with Crippen LogP contribution in [0, 0.1) is 12.8 Å². The molecule has 0 rings (SSSR count). The zero-order chi connectivity index (χ0) is 25.7. The molecule has 0 aliphatic heterocycles. The van der Waals surface area contributed by atoms with Gasteiger partial charge >= 0.3 is 0 Å². The minimum absolute atomic E-state index is 0.456. The molecule has 0 aromatic rings. The summed E-state index contributed by atoms with van der Waals surface area (Å²) in [6.45, 7) is 24.1. The van der Waals surface area contributed by atoms with Gasteiger partial charge in [-0.1, -0.05) is 83.6 Å². The molecule has 0 fully saturated rings. The average molecular weight is 447 g/mol. The molecular weight excluding hydrogens is 396 g/mol. The fourth-order valence-corrected chi connectivity index (χ4v) is 2.25. The van der Waals surface area contributed by atoms with Gasteiger partial charge in [-0.3, -0.25) is 0 Å². The van der Waals surface area contributed by atoms with Crippen LogP contribution in [0.2, 0.25) is 0 Å². The summed E-state index contributed by atoms with van der Waals surface area (Å²) in [7, 11) is 0. The summed E-state index contributed by atoms with van der Waals surface area (Å²) in [5.41, 5.74) is 10.3. The Bertz CT molecular complexity index is 598. The van der Waals surface area contributed by atoms with Crippen molar-refractivity contribution in [3.8, 4) is 12.8 Å². The molecule has 3 heteroatoms. The lowest BCUT2D eigenvalue weighted by molar-refractivity contribution is 0.888. The van der Waals surface area contributed by atoms with Crippen molar-refractivity contribution in [2.45, 2.75) is 82.1 Å². The smallest absolute Gasteiger partial charge is 0.123 e. The summed E-state index contributed by atoms with van der Waals surface area (Å²) in [5, 5.41) is 2.04. The lowest BCUT2D eigenvalue weighted by Gasteiger charge is -2.08. The van der Waals surface area contributed by atoms with Gasteiger partial charge in [0, 0.05) is 0 Å². The normalized spacial score (nSPS) is 12.1. The van der Waals surface area contributed by atoms with Crippen molar-refractivity contribution < 1.29 is 0 Å². The maximum Gasteiger partial charge on any atom is 0.123 e. The van der Waals surface area contributed by atoms with Crippen molar-refractivity contribution in [3.05, 3.63) is 70.9 Å². The van der Waals surface area contributed by atoms with E-state index in [1.165, 1.54) is 11.1 Å². The predicted octanol–water partition coefficient (Wildman–Crippen LogP) is 9.26. The Balaban J connectivity index is -0.000000172. The van der Waals surface area contributed by atoms with Crippen molar-refractivity contribution in [3.63, 3.8) is 0 Å². The van der Waals surface area contributed by atoms with Gasteiger partial charge in [-0.05, 0) is 69.9 Å². The van der Waals surface area contributed by atoms with Gasteiger partial charge in [-0.15, -0.1) is 24.6 Å². The molecule has 31 heavy (non-hydrogen) atoms. The molecule has 178 valence electrons. The van der Waals surface area contributed by atoms with E-state index in [9.17, 15) is 0 Å². The van der Waals surface area contributed by atoms with Crippen molar-refractivity contribution in [1.29, 1.82) is 0 Å². The Labute approximate surface area is 200 Å². The highest BCUT2D eigenvalue weighted by Crippen LogP contribution is 2.20. The third kappa shape index (κ3) is 30.1. The van der Waals surface area contributed by atoms with E-state index >= 15 is 0 Å². The van der Waals surface area contributed by atoms with E-state index in [1.54, 1.807) is 17.8 Å². The molecule has 0 heterocycles. The highest BCUT2D eigenvalue weighted by atomic mass is 32.2. The molecule has 0 amide bonds. The molecule has 0 saturated carbocycles. The number of allylic oxidation sites excluding steroid dienone is 8. The molecule has 2 nitrogen and oxygen atoms in total. The number of nitrogens with two attached hydrogens (primary N) is 1. The van der Waals surface area contributed by atoms with Crippen LogP contribution in [0.15, 0.2) is 75.9 Å². The Kier molecular flexibility index (Phi) is 44.7. The number of hydrogen-bond acceptors (Lipinski definition) is 2. The van der Waals surface area contributed by atoms with Crippen LogP contribution in [0.4, 0.5) is 0 Å². The zero-order valence-corrected chi connectivity index (χ0v) is 23.1. The maximum absolute atomic E-state index is 5.79. The molecule has 0 aliphatic rings. The van der Waals surface area contributed by atoms with Gasteiger partial charge in [0.25, 0.3) is 0 Å². The molecule has 2 N–H and O–H groups in total. The van der Waals surface area contributed by atoms with E-state index in [2.05, 4.69) is 70.3 Å². The van der Waals surface area contributed by atoms with Gasteiger partial charge in [-0.2, -0.15) is 0 Å². The summed E-state index contributed by atoms with van der Waals surface area (Å²) >= 11 is 1.72. The Morgan fingerprint density at radius 1 is 1.00 bits per heavy atom. The van der Waals surface area contributed by atoms with Crippen LogP contribution in [-0.4, -0.2) is 12.1 Å². The number of terminal acetylenes is 1. The number of thioether (sulfide) groups is 1. The third-order valence-corrected chi connectivity index (χ3v) is 3.70. The second-order valence-electron chi connectivity index (χ2n) is 5.59.